The van der Waals surface area contributed by atoms with Crippen LogP contribution in [0.3, 0.4) is 0 Å². The van der Waals surface area contributed by atoms with E-state index in [1.54, 1.807) is 0 Å². The van der Waals surface area contributed by atoms with Gasteiger partial charge in [0.05, 0.1) is 11.0 Å². The summed E-state index contributed by atoms with van der Waals surface area (Å²) in [6.07, 6.45) is 0. The molecule has 0 amide bonds. The molecule has 0 aliphatic heterocycles. The number of benzene rings is 8. The predicted octanol–water partition coefficient (Wildman–Crippen LogP) is 11.3. The van der Waals surface area contributed by atoms with E-state index in [9.17, 15) is 8.22 Å². The van der Waals surface area contributed by atoms with Crippen LogP contribution in [0.5, 0.6) is 0 Å². The predicted molar refractivity (Wildman–Crippen MR) is 172 cm³/mol. The van der Waals surface area contributed by atoms with Gasteiger partial charge in [-0.05, 0) is 89.0 Å². The fraction of sp³-hybridized carbons (Fsp3) is 0. The van der Waals surface area contributed by atoms with E-state index < -0.39 is 0 Å². The monoisotopic (exact) mass is 514 g/mol. The Kier molecular flexibility index (Phi) is 3.70. The first-order valence-electron chi connectivity index (χ1n) is 17.2. The van der Waals surface area contributed by atoms with Gasteiger partial charge in [-0.25, -0.2) is 0 Å². The van der Waals surface area contributed by atoms with Crippen LogP contribution in [0.2, 0.25) is 0 Å². The molecule has 0 nitrogen and oxygen atoms in total. The molecule has 0 unspecified atom stereocenters. The second-order valence-corrected chi connectivity index (χ2v) is 9.89. The maximum absolute atomic E-state index is 9.26. The zero-order chi connectivity index (χ0) is 33.4. The average molecular weight is 515 g/mol. The van der Waals surface area contributed by atoms with Gasteiger partial charge >= 0.3 is 0 Å². The highest BCUT2D eigenvalue weighted by atomic mass is 14.2. The van der Waals surface area contributed by atoms with E-state index in [1.165, 1.54) is 0 Å². The first kappa shape index (κ1) is 16.0. The molecule has 0 aliphatic carbocycles. The van der Waals surface area contributed by atoms with Crippen molar-refractivity contribution in [3.8, 4) is 44.5 Å². The standard InChI is InChI=1S/C40H26/c1-3-9-27(10-4-1)31-13-7-15-33(25-31)35-21-17-29-20-24-38-36(22-18-30-19-23-37(35)39(29)40(30)38)34-16-8-14-32(26-34)28-11-5-2-6-12-28/h1-26H/i17D,18D,19D,20D,21D,22D,23D,24D. The van der Waals surface area contributed by atoms with E-state index >= 15 is 0 Å². The highest BCUT2D eigenvalue weighted by Crippen LogP contribution is 2.43. The summed E-state index contributed by atoms with van der Waals surface area (Å²) in [4.78, 5) is 0. The van der Waals surface area contributed by atoms with Crippen LogP contribution in [-0.4, -0.2) is 0 Å². The molecule has 0 fully saturated rings. The van der Waals surface area contributed by atoms with Crippen LogP contribution < -0.4 is 0 Å². The molecule has 0 radical (unpaired) electrons. The van der Waals surface area contributed by atoms with Crippen molar-refractivity contribution in [2.45, 2.75) is 0 Å². The lowest BCUT2D eigenvalue weighted by Crippen LogP contribution is -1.90. The summed E-state index contributed by atoms with van der Waals surface area (Å²) in [5.41, 5.74) is 5.42. The molecule has 0 saturated carbocycles. The summed E-state index contributed by atoms with van der Waals surface area (Å²) >= 11 is 0. The Morgan fingerprint density at radius 2 is 0.700 bits per heavy atom. The molecule has 0 aliphatic rings. The molecular weight excluding hydrogens is 480 g/mol. The highest BCUT2D eigenvalue weighted by molar-refractivity contribution is 6.27. The normalized spacial score (nSPS) is 14.3. The molecule has 8 aromatic carbocycles. The van der Waals surface area contributed by atoms with Gasteiger partial charge in [0.15, 0.2) is 0 Å². The lowest BCUT2D eigenvalue weighted by Gasteiger charge is -2.17. The fourth-order valence-corrected chi connectivity index (χ4v) is 5.59. The quantitative estimate of drug-likeness (QED) is 0.205. The summed E-state index contributed by atoms with van der Waals surface area (Å²) in [6.45, 7) is 0. The van der Waals surface area contributed by atoms with Crippen LogP contribution in [0.25, 0.3) is 76.8 Å². The second kappa shape index (κ2) is 9.22. The summed E-state index contributed by atoms with van der Waals surface area (Å²) < 4.78 is 73.5. The molecule has 40 heavy (non-hydrogen) atoms. The number of rotatable bonds is 4. The van der Waals surface area contributed by atoms with Crippen molar-refractivity contribution in [1.82, 2.24) is 0 Å². The van der Waals surface area contributed by atoms with Gasteiger partial charge in [-0.2, -0.15) is 0 Å². The van der Waals surface area contributed by atoms with Crippen molar-refractivity contribution in [2.24, 2.45) is 0 Å². The minimum absolute atomic E-state index is 0.0371. The van der Waals surface area contributed by atoms with Crippen LogP contribution in [0.15, 0.2) is 158 Å². The van der Waals surface area contributed by atoms with Crippen LogP contribution in [0.1, 0.15) is 11.0 Å². The molecule has 0 N–H and O–H groups in total. The Bertz CT molecular complexity index is 2400. The first-order chi connectivity index (χ1) is 23.2. The molecule has 0 heteroatoms. The van der Waals surface area contributed by atoms with Crippen molar-refractivity contribution >= 4 is 32.3 Å². The molecule has 8 aromatic rings. The molecule has 0 atom stereocenters. The summed E-state index contributed by atoms with van der Waals surface area (Å²) in [5.74, 6) is 0. The Labute approximate surface area is 245 Å². The topological polar surface area (TPSA) is 0 Å². The fourth-order valence-electron chi connectivity index (χ4n) is 5.59. The molecule has 0 saturated heterocycles. The van der Waals surface area contributed by atoms with E-state index in [-0.39, 0.29) is 69.9 Å². The second-order valence-electron chi connectivity index (χ2n) is 9.89. The van der Waals surface area contributed by atoms with Gasteiger partial charge in [0.1, 0.15) is 0 Å². The van der Waals surface area contributed by atoms with Crippen LogP contribution in [0.4, 0.5) is 0 Å². The Morgan fingerprint density at radius 3 is 1.15 bits per heavy atom. The average Bonchev–Trinajstić information content (AvgIpc) is 3.12. The zero-order valence-corrected chi connectivity index (χ0v) is 21.4. The van der Waals surface area contributed by atoms with E-state index in [0.717, 1.165) is 22.3 Å². The summed E-state index contributed by atoms with van der Waals surface area (Å²) in [6, 6.07) is 32.6. The maximum atomic E-state index is 9.26. The van der Waals surface area contributed by atoms with Crippen LogP contribution in [0, 0.1) is 0 Å². The first-order valence-corrected chi connectivity index (χ1v) is 13.2. The molecule has 0 aromatic heterocycles. The Hall–Kier alpha value is -5.20. The van der Waals surface area contributed by atoms with E-state index in [0.29, 0.717) is 33.0 Å². The van der Waals surface area contributed by atoms with Gasteiger partial charge in [0.2, 0.25) is 0 Å². The largest absolute Gasteiger partial charge is 0.0630 e. The summed E-state index contributed by atoms with van der Waals surface area (Å²) in [7, 11) is 0. The molecule has 0 bridgehead atoms. The van der Waals surface area contributed by atoms with Crippen molar-refractivity contribution in [3.63, 3.8) is 0 Å². The Morgan fingerprint density at radius 1 is 0.325 bits per heavy atom. The molecule has 0 heterocycles. The minimum Gasteiger partial charge on any atom is -0.0622 e. The lowest BCUT2D eigenvalue weighted by atomic mass is 9.86. The van der Waals surface area contributed by atoms with Crippen LogP contribution >= 0.6 is 0 Å². The maximum Gasteiger partial charge on any atom is 0.0630 e. The molecule has 186 valence electrons. The van der Waals surface area contributed by atoms with Gasteiger partial charge in [-0.3, -0.25) is 0 Å². The van der Waals surface area contributed by atoms with E-state index in [4.69, 9.17) is 2.74 Å². The Balaban J connectivity index is 1.54. The SMILES string of the molecule is [2H]c1c([2H])c2c([2H])c([2H])c3c(-c4cccc(-c5ccccc5)c4)c([2H])c([2H])c4c([2H])c([2H])c(c1-c1cccc(-c5ccccc5)c1)c2c43. The third-order valence-electron chi connectivity index (χ3n) is 7.52. The van der Waals surface area contributed by atoms with Gasteiger partial charge in [-0.15, -0.1) is 0 Å². The summed E-state index contributed by atoms with van der Waals surface area (Å²) in [5, 5.41) is 1.14. The van der Waals surface area contributed by atoms with Crippen molar-refractivity contribution in [2.75, 3.05) is 0 Å². The van der Waals surface area contributed by atoms with Crippen LogP contribution in [-0.2, 0) is 0 Å². The number of hydrogen-bond donors (Lipinski definition) is 0. The minimum atomic E-state index is -0.286. The zero-order valence-electron chi connectivity index (χ0n) is 29.4. The molecular formula is C40H26. The highest BCUT2D eigenvalue weighted by Gasteiger charge is 2.15. The van der Waals surface area contributed by atoms with Gasteiger partial charge in [0.25, 0.3) is 0 Å². The van der Waals surface area contributed by atoms with Crippen molar-refractivity contribution in [1.29, 1.82) is 0 Å². The smallest absolute Gasteiger partial charge is 0.0622 e. The van der Waals surface area contributed by atoms with E-state index in [1.807, 2.05) is 109 Å². The number of hydrogen-bond acceptors (Lipinski definition) is 0. The van der Waals surface area contributed by atoms with Crippen molar-refractivity contribution < 1.29 is 11.0 Å². The van der Waals surface area contributed by atoms with E-state index in [2.05, 4.69) is 0 Å². The van der Waals surface area contributed by atoms with Crippen molar-refractivity contribution in [3.05, 3.63) is 158 Å². The lowest BCUT2D eigenvalue weighted by molar-refractivity contribution is 1.60. The molecule has 0 spiro atoms. The van der Waals surface area contributed by atoms with Gasteiger partial charge in [-0.1, -0.05) is 145 Å². The molecule has 8 rings (SSSR count). The third-order valence-corrected chi connectivity index (χ3v) is 7.52. The third kappa shape index (κ3) is 3.69. The van der Waals surface area contributed by atoms with Gasteiger partial charge in [0, 0.05) is 0 Å². The van der Waals surface area contributed by atoms with Gasteiger partial charge < -0.3 is 0 Å².